The lowest BCUT2D eigenvalue weighted by Gasteiger charge is -2.12. The van der Waals surface area contributed by atoms with Crippen molar-refractivity contribution in [2.24, 2.45) is 5.73 Å². The molecule has 0 aliphatic carbocycles. The fourth-order valence-electron chi connectivity index (χ4n) is 1.84. The van der Waals surface area contributed by atoms with E-state index in [1.807, 2.05) is 12.1 Å². The van der Waals surface area contributed by atoms with Gasteiger partial charge in [-0.3, -0.25) is 9.59 Å². The average Bonchev–Trinajstić information content (AvgIpc) is 2.43. The van der Waals surface area contributed by atoms with Crippen molar-refractivity contribution in [2.45, 2.75) is 45.1 Å². The van der Waals surface area contributed by atoms with Crippen LogP contribution in [0.15, 0.2) is 24.3 Å². The van der Waals surface area contributed by atoms with Gasteiger partial charge in [0.1, 0.15) is 0 Å². The van der Waals surface area contributed by atoms with Crippen LogP contribution in [-0.4, -0.2) is 22.9 Å². The molecule has 3 N–H and O–H groups in total. The molecule has 2 atom stereocenters. The Morgan fingerprint density at radius 3 is 2.32 bits per heavy atom. The summed E-state index contributed by atoms with van der Waals surface area (Å²) in [5, 5.41) is 8.57. The van der Waals surface area contributed by atoms with E-state index < -0.39 is 12.0 Å². The predicted octanol–water partition coefficient (Wildman–Crippen LogP) is 2.57. The number of carbonyl (C=O) groups is 2. The van der Waals surface area contributed by atoms with Gasteiger partial charge in [-0.15, -0.1) is 0 Å². The van der Waals surface area contributed by atoms with Crippen LogP contribution in [0.25, 0.3) is 0 Å². The Morgan fingerprint density at radius 2 is 1.84 bits per heavy atom. The zero-order valence-electron chi connectivity index (χ0n) is 11.4. The van der Waals surface area contributed by atoms with E-state index in [0.29, 0.717) is 11.5 Å². The van der Waals surface area contributed by atoms with Crippen molar-refractivity contribution in [3.8, 4) is 0 Å². The van der Waals surface area contributed by atoms with Crippen LogP contribution in [0, 0.1) is 0 Å². The van der Waals surface area contributed by atoms with E-state index in [1.54, 1.807) is 12.1 Å². The van der Waals surface area contributed by atoms with Crippen LogP contribution in [0.2, 0.25) is 0 Å². The van der Waals surface area contributed by atoms with Gasteiger partial charge in [-0.05, 0) is 24.3 Å². The third-order valence-electron chi connectivity index (χ3n) is 3.38. The number of hydrogen-bond acceptors (Lipinski definition) is 3. The summed E-state index contributed by atoms with van der Waals surface area (Å²) >= 11 is 0. The highest BCUT2D eigenvalue weighted by Crippen LogP contribution is 2.19. The van der Waals surface area contributed by atoms with Crippen LogP contribution in [-0.2, 0) is 4.79 Å². The number of Topliss-reactive ketones (excluding diaryl/α,β-unsaturated/α-hetero) is 1. The van der Waals surface area contributed by atoms with Crippen molar-refractivity contribution >= 4 is 11.8 Å². The lowest BCUT2D eigenvalue weighted by molar-refractivity contribution is -0.137. The van der Waals surface area contributed by atoms with Crippen LogP contribution < -0.4 is 5.73 Å². The minimum Gasteiger partial charge on any atom is -0.481 e. The van der Waals surface area contributed by atoms with Crippen LogP contribution in [0.1, 0.15) is 54.9 Å². The van der Waals surface area contributed by atoms with Gasteiger partial charge < -0.3 is 10.8 Å². The van der Waals surface area contributed by atoms with Crippen LogP contribution in [0.4, 0.5) is 0 Å². The van der Waals surface area contributed by atoms with Crippen molar-refractivity contribution in [1.29, 1.82) is 0 Å². The number of benzene rings is 1. The molecule has 4 nitrogen and oxygen atoms in total. The number of carbonyl (C=O) groups excluding carboxylic acids is 1. The summed E-state index contributed by atoms with van der Waals surface area (Å²) in [6, 6.07) is 6.66. The first-order valence-corrected chi connectivity index (χ1v) is 6.57. The molecule has 1 aromatic rings. The molecule has 1 aromatic carbocycles. The average molecular weight is 263 g/mol. The van der Waals surface area contributed by atoms with Gasteiger partial charge in [0.2, 0.25) is 0 Å². The van der Waals surface area contributed by atoms with E-state index >= 15 is 0 Å². The Kier molecular flexibility index (Phi) is 5.70. The summed E-state index contributed by atoms with van der Waals surface area (Å²) in [6.07, 6.45) is 1.13. The number of rotatable bonds is 7. The fourth-order valence-corrected chi connectivity index (χ4v) is 1.84. The molecule has 19 heavy (non-hydrogen) atoms. The number of carboxylic acids is 1. The van der Waals surface area contributed by atoms with Gasteiger partial charge in [-0.1, -0.05) is 38.1 Å². The van der Waals surface area contributed by atoms with Crippen molar-refractivity contribution in [2.75, 3.05) is 0 Å². The maximum Gasteiger partial charge on any atom is 0.303 e. The van der Waals surface area contributed by atoms with Crippen LogP contribution in [0.3, 0.4) is 0 Å². The minimum absolute atomic E-state index is 0.0855. The SMILES string of the molecule is CCC(C)c1ccc(C(=O)C(N)CCC(=O)O)cc1. The molecule has 1 rings (SSSR count). The largest absolute Gasteiger partial charge is 0.481 e. The second-order valence-corrected chi connectivity index (χ2v) is 4.83. The molecule has 0 fully saturated rings. The van der Waals surface area contributed by atoms with Crippen molar-refractivity contribution in [3.05, 3.63) is 35.4 Å². The molecule has 0 aromatic heterocycles. The Bertz CT molecular complexity index is 439. The van der Waals surface area contributed by atoms with Crippen molar-refractivity contribution < 1.29 is 14.7 Å². The lowest BCUT2D eigenvalue weighted by atomic mass is 9.95. The number of carboxylic acid groups (broad SMARTS) is 1. The van der Waals surface area contributed by atoms with Gasteiger partial charge in [0, 0.05) is 12.0 Å². The number of hydrogen-bond donors (Lipinski definition) is 2. The minimum atomic E-state index is -0.935. The Balaban J connectivity index is 2.69. The molecule has 2 unspecified atom stereocenters. The molecular formula is C15H21NO3. The van der Waals surface area contributed by atoms with Gasteiger partial charge in [-0.25, -0.2) is 0 Å². The van der Waals surface area contributed by atoms with Gasteiger partial charge in [0.25, 0.3) is 0 Å². The first kappa shape index (κ1) is 15.4. The summed E-state index contributed by atoms with van der Waals surface area (Å²) in [5.41, 5.74) is 7.45. The van der Waals surface area contributed by atoms with Crippen molar-refractivity contribution in [1.82, 2.24) is 0 Å². The van der Waals surface area contributed by atoms with Crippen LogP contribution in [0.5, 0.6) is 0 Å². The number of ketones is 1. The maximum absolute atomic E-state index is 12.0. The molecule has 0 amide bonds. The fraction of sp³-hybridized carbons (Fsp3) is 0.467. The zero-order valence-corrected chi connectivity index (χ0v) is 11.4. The van der Waals surface area contributed by atoms with E-state index in [1.165, 1.54) is 5.56 Å². The van der Waals surface area contributed by atoms with E-state index in [4.69, 9.17) is 10.8 Å². The summed E-state index contributed by atoms with van der Waals surface area (Å²) in [5.74, 6) is -0.669. The molecule has 4 heteroatoms. The number of aliphatic carboxylic acids is 1. The summed E-state index contributed by atoms with van der Waals surface area (Å²) in [4.78, 5) is 22.4. The molecule has 0 radical (unpaired) electrons. The van der Waals surface area contributed by atoms with Gasteiger partial charge >= 0.3 is 5.97 Å². The van der Waals surface area contributed by atoms with Gasteiger partial charge in [0.15, 0.2) is 5.78 Å². The Morgan fingerprint density at radius 1 is 1.26 bits per heavy atom. The van der Waals surface area contributed by atoms with Crippen molar-refractivity contribution in [3.63, 3.8) is 0 Å². The quantitative estimate of drug-likeness (QED) is 0.741. The number of nitrogens with two attached hydrogens (primary N) is 1. The topological polar surface area (TPSA) is 80.4 Å². The van der Waals surface area contributed by atoms with E-state index in [-0.39, 0.29) is 18.6 Å². The molecule has 104 valence electrons. The standard InChI is InChI=1S/C15H21NO3/c1-3-10(2)11-4-6-12(7-5-11)15(19)13(16)8-9-14(17)18/h4-7,10,13H,3,8-9,16H2,1-2H3,(H,17,18). The molecule has 0 spiro atoms. The Hall–Kier alpha value is -1.68. The second kappa shape index (κ2) is 7.04. The summed E-state index contributed by atoms with van der Waals surface area (Å²) in [6.45, 7) is 4.25. The molecule has 0 aliphatic rings. The van der Waals surface area contributed by atoms with E-state index in [0.717, 1.165) is 6.42 Å². The zero-order chi connectivity index (χ0) is 14.4. The highest BCUT2D eigenvalue weighted by molar-refractivity contribution is 6.00. The molecule has 0 saturated carbocycles. The van der Waals surface area contributed by atoms with Gasteiger partial charge in [0.05, 0.1) is 6.04 Å². The Labute approximate surface area is 113 Å². The lowest BCUT2D eigenvalue weighted by Crippen LogP contribution is -2.31. The maximum atomic E-state index is 12.0. The summed E-state index contributed by atoms with van der Waals surface area (Å²) in [7, 11) is 0. The highest BCUT2D eigenvalue weighted by atomic mass is 16.4. The second-order valence-electron chi connectivity index (χ2n) is 4.83. The predicted molar refractivity (Wildman–Crippen MR) is 74.3 cm³/mol. The molecule has 0 bridgehead atoms. The normalized spacial score (nSPS) is 13.8. The summed E-state index contributed by atoms with van der Waals surface area (Å²) < 4.78 is 0. The van der Waals surface area contributed by atoms with Gasteiger partial charge in [-0.2, -0.15) is 0 Å². The van der Waals surface area contributed by atoms with Crippen LogP contribution >= 0.6 is 0 Å². The van der Waals surface area contributed by atoms with E-state index in [9.17, 15) is 9.59 Å². The molecule has 0 saturated heterocycles. The monoisotopic (exact) mass is 263 g/mol. The molecular weight excluding hydrogens is 242 g/mol. The van der Waals surface area contributed by atoms with E-state index in [2.05, 4.69) is 13.8 Å². The smallest absolute Gasteiger partial charge is 0.303 e. The highest BCUT2D eigenvalue weighted by Gasteiger charge is 2.17. The first-order chi connectivity index (χ1) is 8.95. The molecule has 0 aliphatic heterocycles. The first-order valence-electron chi connectivity index (χ1n) is 6.57. The molecule has 0 heterocycles. The third kappa shape index (κ3) is 4.48. The third-order valence-corrected chi connectivity index (χ3v) is 3.38.